The van der Waals surface area contributed by atoms with E-state index in [0.717, 1.165) is 14.9 Å². The molecule has 2 aromatic carbocycles. The number of hydrogen-bond donors (Lipinski definition) is 2. The maximum atomic E-state index is 11.9. The number of carboxylic acids is 1. The average molecular weight is 367 g/mol. The minimum Gasteiger partial charge on any atom is -0.508 e. The molecule has 0 bridgehead atoms. The van der Waals surface area contributed by atoms with Crippen molar-refractivity contribution in [1.82, 2.24) is 0 Å². The summed E-state index contributed by atoms with van der Waals surface area (Å²) in [4.78, 5) is 12.7. The summed E-state index contributed by atoms with van der Waals surface area (Å²) in [5, 5.41) is 19.1. The number of rotatable bonds is 5. The number of phenols is 1. The van der Waals surface area contributed by atoms with E-state index >= 15 is 0 Å². The molecular formula is C16H15BrO3S. The Labute approximate surface area is 136 Å². The third kappa shape index (κ3) is 3.41. The van der Waals surface area contributed by atoms with Gasteiger partial charge in [0.05, 0.1) is 0 Å². The first-order valence-corrected chi connectivity index (χ1v) is 8.06. The SMILES string of the molecule is CCC(Sc1ccc(O)cc1)(C(=O)O)c1ccc(Br)cc1. The zero-order valence-electron chi connectivity index (χ0n) is 11.4. The second kappa shape index (κ2) is 6.54. The Balaban J connectivity index is 2.44. The Kier molecular flexibility index (Phi) is 4.96. The molecule has 0 saturated carbocycles. The second-order valence-corrected chi connectivity index (χ2v) is 6.88. The Morgan fingerprint density at radius 1 is 1.14 bits per heavy atom. The van der Waals surface area contributed by atoms with Crippen molar-refractivity contribution in [2.24, 2.45) is 0 Å². The highest BCUT2D eigenvalue weighted by atomic mass is 79.9. The van der Waals surface area contributed by atoms with Gasteiger partial charge in [-0.15, -0.1) is 11.8 Å². The lowest BCUT2D eigenvalue weighted by molar-refractivity contribution is -0.140. The minimum absolute atomic E-state index is 0.167. The van der Waals surface area contributed by atoms with Gasteiger partial charge in [0, 0.05) is 9.37 Å². The summed E-state index contributed by atoms with van der Waals surface area (Å²) in [6.45, 7) is 1.86. The Morgan fingerprint density at radius 2 is 1.71 bits per heavy atom. The molecule has 0 heterocycles. The van der Waals surface area contributed by atoms with Gasteiger partial charge in [0.25, 0.3) is 0 Å². The minimum atomic E-state index is -1.04. The van der Waals surface area contributed by atoms with Crippen LogP contribution in [-0.2, 0) is 9.54 Å². The van der Waals surface area contributed by atoms with E-state index in [2.05, 4.69) is 15.9 Å². The molecule has 110 valence electrons. The van der Waals surface area contributed by atoms with Crippen molar-refractivity contribution in [2.45, 2.75) is 23.0 Å². The number of carboxylic acid groups (broad SMARTS) is 1. The quantitative estimate of drug-likeness (QED) is 0.756. The molecule has 3 nitrogen and oxygen atoms in total. The van der Waals surface area contributed by atoms with Crippen LogP contribution in [0.15, 0.2) is 57.9 Å². The molecule has 0 aliphatic carbocycles. The first kappa shape index (κ1) is 15.9. The Morgan fingerprint density at radius 3 is 2.19 bits per heavy atom. The van der Waals surface area contributed by atoms with Gasteiger partial charge >= 0.3 is 5.97 Å². The van der Waals surface area contributed by atoms with Crippen LogP contribution < -0.4 is 0 Å². The number of carbonyl (C=O) groups is 1. The summed E-state index contributed by atoms with van der Waals surface area (Å²) in [5.74, 6) is -0.703. The first-order chi connectivity index (χ1) is 9.98. The summed E-state index contributed by atoms with van der Waals surface area (Å²) in [5.41, 5.74) is 0.749. The van der Waals surface area contributed by atoms with E-state index < -0.39 is 10.7 Å². The van der Waals surface area contributed by atoms with E-state index in [1.807, 2.05) is 31.2 Å². The molecule has 0 aliphatic rings. The first-order valence-electron chi connectivity index (χ1n) is 6.45. The standard InChI is InChI=1S/C16H15BrO3S/c1-2-16(15(19)20,11-3-5-12(17)6-4-11)21-14-9-7-13(18)8-10-14/h3-10,18H,2H2,1H3,(H,19,20). The molecule has 2 N–H and O–H groups in total. The number of benzene rings is 2. The van der Waals surface area contributed by atoms with E-state index in [9.17, 15) is 15.0 Å². The fourth-order valence-corrected chi connectivity index (χ4v) is 3.51. The molecular weight excluding hydrogens is 352 g/mol. The van der Waals surface area contributed by atoms with Gasteiger partial charge in [0.15, 0.2) is 0 Å². The van der Waals surface area contributed by atoms with Crippen molar-refractivity contribution < 1.29 is 15.0 Å². The lowest BCUT2D eigenvalue weighted by atomic mass is 9.95. The molecule has 0 fully saturated rings. The van der Waals surface area contributed by atoms with Gasteiger partial charge in [-0.3, -0.25) is 4.79 Å². The van der Waals surface area contributed by atoms with E-state index in [1.54, 1.807) is 24.3 Å². The van der Waals surface area contributed by atoms with Crippen LogP contribution in [0.4, 0.5) is 0 Å². The molecule has 0 aliphatic heterocycles. The summed E-state index contributed by atoms with van der Waals surface area (Å²) < 4.78 is -0.131. The molecule has 5 heteroatoms. The number of hydrogen-bond acceptors (Lipinski definition) is 3. The lowest BCUT2D eigenvalue weighted by Crippen LogP contribution is -2.31. The highest BCUT2D eigenvalue weighted by molar-refractivity contribution is 9.10. The number of thioether (sulfide) groups is 1. The molecule has 0 aromatic heterocycles. The maximum absolute atomic E-state index is 11.9. The van der Waals surface area contributed by atoms with Crippen LogP contribution in [-0.4, -0.2) is 16.2 Å². The van der Waals surface area contributed by atoms with Crippen LogP contribution in [0.25, 0.3) is 0 Å². The Bertz CT molecular complexity index is 625. The molecule has 0 saturated heterocycles. The van der Waals surface area contributed by atoms with Gasteiger partial charge < -0.3 is 10.2 Å². The van der Waals surface area contributed by atoms with Gasteiger partial charge in [-0.2, -0.15) is 0 Å². The third-order valence-corrected chi connectivity index (χ3v) is 5.37. The van der Waals surface area contributed by atoms with Gasteiger partial charge in [0.2, 0.25) is 0 Å². The predicted molar refractivity (Wildman–Crippen MR) is 87.7 cm³/mol. The highest BCUT2D eigenvalue weighted by Crippen LogP contribution is 2.45. The summed E-state index contributed by atoms with van der Waals surface area (Å²) in [6, 6.07) is 13.9. The largest absolute Gasteiger partial charge is 0.508 e. The smallest absolute Gasteiger partial charge is 0.324 e. The maximum Gasteiger partial charge on any atom is 0.324 e. The summed E-state index contributed by atoms with van der Waals surface area (Å²) in [7, 11) is 0. The fraction of sp³-hybridized carbons (Fsp3) is 0.188. The molecule has 1 unspecified atom stereocenters. The van der Waals surface area contributed by atoms with Gasteiger partial charge in [-0.05, 0) is 48.4 Å². The van der Waals surface area contributed by atoms with Crippen LogP contribution >= 0.6 is 27.7 Å². The molecule has 2 aromatic rings. The molecule has 0 radical (unpaired) electrons. The average Bonchev–Trinajstić information content (AvgIpc) is 2.47. The van der Waals surface area contributed by atoms with Crippen molar-refractivity contribution in [3.8, 4) is 5.75 Å². The predicted octanol–water partition coefficient (Wildman–Crippen LogP) is 4.64. The highest BCUT2D eigenvalue weighted by Gasteiger charge is 2.40. The van der Waals surface area contributed by atoms with Crippen LogP contribution in [0.5, 0.6) is 5.75 Å². The third-order valence-electron chi connectivity index (χ3n) is 3.28. The van der Waals surface area contributed by atoms with Gasteiger partial charge in [-0.1, -0.05) is 35.0 Å². The van der Waals surface area contributed by atoms with Crippen molar-refractivity contribution in [3.05, 3.63) is 58.6 Å². The zero-order chi connectivity index (χ0) is 15.5. The van der Waals surface area contributed by atoms with E-state index in [4.69, 9.17) is 0 Å². The van der Waals surface area contributed by atoms with Crippen molar-refractivity contribution in [1.29, 1.82) is 0 Å². The normalized spacial score (nSPS) is 13.6. The second-order valence-electron chi connectivity index (χ2n) is 4.59. The number of phenolic OH excluding ortho intramolecular Hbond substituents is 1. The van der Waals surface area contributed by atoms with Gasteiger partial charge in [0.1, 0.15) is 10.5 Å². The number of halogens is 1. The van der Waals surface area contributed by atoms with Crippen LogP contribution in [0.2, 0.25) is 0 Å². The van der Waals surface area contributed by atoms with Crippen LogP contribution in [0.3, 0.4) is 0 Å². The molecule has 0 amide bonds. The van der Waals surface area contributed by atoms with Gasteiger partial charge in [-0.25, -0.2) is 0 Å². The van der Waals surface area contributed by atoms with Crippen molar-refractivity contribution >= 4 is 33.7 Å². The molecule has 0 spiro atoms. The zero-order valence-corrected chi connectivity index (χ0v) is 13.8. The monoisotopic (exact) mass is 366 g/mol. The van der Waals surface area contributed by atoms with E-state index in [1.165, 1.54) is 11.8 Å². The molecule has 1 atom stereocenters. The lowest BCUT2D eigenvalue weighted by Gasteiger charge is -2.28. The molecule has 21 heavy (non-hydrogen) atoms. The van der Waals surface area contributed by atoms with Crippen LogP contribution in [0.1, 0.15) is 18.9 Å². The fourth-order valence-electron chi connectivity index (χ4n) is 2.09. The van der Waals surface area contributed by atoms with E-state index in [-0.39, 0.29) is 5.75 Å². The summed E-state index contributed by atoms with van der Waals surface area (Å²) in [6.07, 6.45) is 0.454. The van der Waals surface area contributed by atoms with Crippen molar-refractivity contribution in [3.63, 3.8) is 0 Å². The van der Waals surface area contributed by atoms with Crippen LogP contribution in [0, 0.1) is 0 Å². The number of aliphatic carboxylic acids is 1. The van der Waals surface area contributed by atoms with E-state index in [0.29, 0.717) is 6.42 Å². The topological polar surface area (TPSA) is 57.5 Å². The summed E-state index contributed by atoms with van der Waals surface area (Å²) >= 11 is 4.65. The number of aromatic hydroxyl groups is 1. The van der Waals surface area contributed by atoms with Crippen molar-refractivity contribution in [2.75, 3.05) is 0 Å². The molecule has 2 rings (SSSR count). The Hall–Kier alpha value is -1.46.